The maximum Gasteiger partial charge on any atom is 0.343 e. The first kappa shape index (κ1) is 14.8. The van der Waals surface area contributed by atoms with E-state index in [1.54, 1.807) is 13.8 Å². The van der Waals surface area contributed by atoms with Crippen molar-refractivity contribution < 1.29 is 9.53 Å². The molecule has 6 heteroatoms. The van der Waals surface area contributed by atoms with Crippen molar-refractivity contribution in [2.45, 2.75) is 20.8 Å². The van der Waals surface area contributed by atoms with E-state index in [-0.39, 0.29) is 0 Å². The molecule has 0 aliphatic heterocycles. The second-order valence-corrected chi connectivity index (χ2v) is 4.47. The van der Waals surface area contributed by atoms with E-state index in [0.29, 0.717) is 23.7 Å². The second kappa shape index (κ2) is 6.69. The number of carbonyl (C=O) groups excluding carboxylic acids is 1. The van der Waals surface area contributed by atoms with Crippen LogP contribution in [-0.2, 0) is 4.74 Å². The third-order valence-electron chi connectivity index (χ3n) is 2.95. The number of esters is 1. The monoisotopic (exact) mass is 286 g/mol. The number of nitrogens with zero attached hydrogens (tertiary/aromatic N) is 2. The fourth-order valence-electron chi connectivity index (χ4n) is 1.84. The fourth-order valence-corrected chi connectivity index (χ4v) is 1.84. The van der Waals surface area contributed by atoms with E-state index in [1.807, 2.05) is 37.3 Å². The third kappa shape index (κ3) is 3.47. The van der Waals surface area contributed by atoms with Crippen molar-refractivity contribution in [2.75, 3.05) is 12.0 Å². The van der Waals surface area contributed by atoms with E-state index in [4.69, 9.17) is 4.74 Å². The van der Waals surface area contributed by atoms with Gasteiger partial charge in [0.05, 0.1) is 12.3 Å². The van der Waals surface area contributed by atoms with Gasteiger partial charge >= 0.3 is 5.97 Å². The van der Waals surface area contributed by atoms with Gasteiger partial charge in [-0.1, -0.05) is 30.3 Å². The number of hydrazone groups is 1. The molecule has 0 radical (unpaired) electrons. The van der Waals surface area contributed by atoms with E-state index in [0.717, 1.165) is 11.3 Å². The Labute approximate surface area is 123 Å². The van der Waals surface area contributed by atoms with Crippen molar-refractivity contribution in [1.82, 2.24) is 10.2 Å². The van der Waals surface area contributed by atoms with Crippen LogP contribution in [0.2, 0.25) is 0 Å². The maximum absolute atomic E-state index is 11.9. The van der Waals surface area contributed by atoms with Crippen LogP contribution in [0.3, 0.4) is 0 Å². The summed E-state index contributed by atoms with van der Waals surface area (Å²) in [4.78, 5) is 11.9. The lowest BCUT2D eigenvalue weighted by molar-refractivity contribution is 0.0526. The molecule has 0 atom stereocenters. The Balaban J connectivity index is 2.19. The van der Waals surface area contributed by atoms with Crippen LogP contribution in [0, 0.1) is 6.92 Å². The lowest BCUT2D eigenvalue weighted by Crippen LogP contribution is -2.08. The van der Waals surface area contributed by atoms with E-state index < -0.39 is 5.97 Å². The van der Waals surface area contributed by atoms with Crippen molar-refractivity contribution in [3.05, 3.63) is 47.2 Å². The normalized spacial score (nSPS) is 11.3. The van der Waals surface area contributed by atoms with Gasteiger partial charge < -0.3 is 4.74 Å². The highest BCUT2D eigenvalue weighted by Crippen LogP contribution is 2.17. The van der Waals surface area contributed by atoms with Crippen LogP contribution in [0.15, 0.2) is 35.4 Å². The molecule has 0 unspecified atom stereocenters. The van der Waals surface area contributed by atoms with E-state index in [2.05, 4.69) is 20.7 Å². The average molecular weight is 286 g/mol. The summed E-state index contributed by atoms with van der Waals surface area (Å²) in [6, 6.07) is 9.75. The number of ether oxygens (including phenoxy) is 1. The van der Waals surface area contributed by atoms with Crippen LogP contribution in [0.1, 0.15) is 35.5 Å². The maximum atomic E-state index is 11.9. The zero-order valence-corrected chi connectivity index (χ0v) is 12.3. The number of carbonyl (C=O) groups is 1. The summed E-state index contributed by atoms with van der Waals surface area (Å²) >= 11 is 0. The van der Waals surface area contributed by atoms with Gasteiger partial charge in [-0.2, -0.15) is 10.2 Å². The molecule has 0 spiro atoms. The van der Waals surface area contributed by atoms with Crippen molar-refractivity contribution in [2.24, 2.45) is 5.10 Å². The molecular weight excluding hydrogens is 268 g/mol. The molecule has 0 aliphatic carbocycles. The molecule has 2 rings (SSSR count). The molecule has 110 valence electrons. The lowest BCUT2D eigenvalue weighted by atomic mass is 10.1. The van der Waals surface area contributed by atoms with Gasteiger partial charge in [0, 0.05) is 5.69 Å². The molecule has 1 aromatic carbocycles. The largest absolute Gasteiger partial charge is 0.462 e. The van der Waals surface area contributed by atoms with E-state index in [9.17, 15) is 4.79 Å². The van der Waals surface area contributed by atoms with Gasteiger partial charge in [0.15, 0.2) is 5.82 Å². The Hall–Kier alpha value is -2.63. The van der Waals surface area contributed by atoms with Crippen LogP contribution in [0.4, 0.5) is 5.82 Å². The number of hydrogen-bond acceptors (Lipinski definition) is 5. The predicted octanol–water partition coefficient (Wildman–Crippen LogP) is 2.73. The number of H-pyrrole nitrogens is 1. The summed E-state index contributed by atoms with van der Waals surface area (Å²) in [7, 11) is 0. The number of benzene rings is 1. The Morgan fingerprint density at radius 2 is 2.10 bits per heavy atom. The number of anilines is 1. The summed E-state index contributed by atoms with van der Waals surface area (Å²) < 4.78 is 5.01. The number of aromatic amines is 1. The molecule has 1 aromatic heterocycles. The first-order valence-electron chi connectivity index (χ1n) is 6.71. The second-order valence-electron chi connectivity index (χ2n) is 4.47. The van der Waals surface area contributed by atoms with Gasteiger partial charge in [0.25, 0.3) is 0 Å². The van der Waals surface area contributed by atoms with Gasteiger partial charge in [0.2, 0.25) is 0 Å². The van der Waals surface area contributed by atoms with Crippen LogP contribution >= 0.6 is 0 Å². The van der Waals surface area contributed by atoms with Gasteiger partial charge in [-0.05, 0) is 26.3 Å². The van der Waals surface area contributed by atoms with Crippen LogP contribution in [0.5, 0.6) is 0 Å². The van der Waals surface area contributed by atoms with Gasteiger partial charge in [0.1, 0.15) is 5.56 Å². The highest BCUT2D eigenvalue weighted by atomic mass is 16.5. The summed E-state index contributed by atoms with van der Waals surface area (Å²) in [5.74, 6) is -0.0555. The number of aromatic nitrogens is 2. The molecule has 2 N–H and O–H groups in total. The summed E-state index contributed by atoms with van der Waals surface area (Å²) in [6.07, 6.45) is 0. The molecule has 0 saturated carbocycles. The van der Waals surface area contributed by atoms with Crippen molar-refractivity contribution in [1.29, 1.82) is 0 Å². The molecule has 1 heterocycles. The molecule has 21 heavy (non-hydrogen) atoms. The third-order valence-corrected chi connectivity index (χ3v) is 2.95. The standard InChI is InChI=1S/C15H18N4O2/c1-4-21-15(20)13-11(3)17-19-14(13)18-16-10(2)12-8-6-5-7-9-12/h5-9H,4H2,1-3H3,(H2,17,18,19)/b16-10+. The molecule has 2 aromatic rings. The SMILES string of the molecule is CCOC(=O)c1c(N/N=C(\C)c2ccccc2)n[nH]c1C. The highest BCUT2D eigenvalue weighted by Gasteiger charge is 2.19. The summed E-state index contributed by atoms with van der Waals surface area (Å²) in [5, 5.41) is 11.1. The number of hydrogen-bond donors (Lipinski definition) is 2. The summed E-state index contributed by atoms with van der Waals surface area (Å²) in [6.45, 7) is 5.72. The quantitative estimate of drug-likeness (QED) is 0.503. The Kier molecular flexibility index (Phi) is 4.71. The van der Waals surface area contributed by atoms with Crippen LogP contribution in [0.25, 0.3) is 0 Å². The lowest BCUT2D eigenvalue weighted by Gasteiger charge is -2.04. The molecule has 6 nitrogen and oxygen atoms in total. The molecule has 0 fully saturated rings. The van der Waals surface area contributed by atoms with Crippen molar-refractivity contribution in [3.63, 3.8) is 0 Å². The van der Waals surface area contributed by atoms with Gasteiger partial charge in [-0.15, -0.1) is 0 Å². The minimum Gasteiger partial charge on any atom is -0.462 e. The minimum atomic E-state index is -0.418. The van der Waals surface area contributed by atoms with Gasteiger partial charge in [-0.3, -0.25) is 10.5 Å². The number of rotatable bonds is 5. The first-order chi connectivity index (χ1) is 10.1. The molecule has 0 bridgehead atoms. The van der Waals surface area contributed by atoms with Crippen molar-refractivity contribution >= 4 is 17.5 Å². The number of nitrogens with one attached hydrogen (secondary N) is 2. The van der Waals surface area contributed by atoms with E-state index >= 15 is 0 Å². The smallest absolute Gasteiger partial charge is 0.343 e. The van der Waals surface area contributed by atoms with E-state index in [1.165, 1.54) is 0 Å². The minimum absolute atomic E-state index is 0.315. The van der Waals surface area contributed by atoms with Crippen LogP contribution in [-0.4, -0.2) is 28.5 Å². The molecule has 0 aliphatic rings. The zero-order valence-electron chi connectivity index (χ0n) is 12.3. The Bertz CT molecular complexity index is 647. The number of aryl methyl sites for hydroxylation is 1. The molecular formula is C15H18N4O2. The summed E-state index contributed by atoms with van der Waals surface area (Å²) in [5.41, 5.74) is 5.63. The predicted molar refractivity (Wildman–Crippen MR) is 81.6 cm³/mol. The first-order valence-corrected chi connectivity index (χ1v) is 6.71. The zero-order chi connectivity index (χ0) is 15.2. The van der Waals surface area contributed by atoms with Crippen molar-refractivity contribution in [3.8, 4) is 0 Å². The van der Waals surface area contributed by atoms with Gasteiger partial charge in [-0.25, -0.2) is 4.79 Å². The fraction of sp³-hybridized carbons (Fsp3) is 0.267. The highest BCUT2D eigenvalue weighted by molar-refractivity contribution is 6.00. The Morgan fingerprint density at radius 3 is 2.76 bits per heavy atom. The molecule has 0 saturated heterocycles. The molecule has 0 amide bonds. The Morgan fingerprint density at radius 1 is 1.38 bits per heavy atom. The topological polar surface area (TPSA) is 79.4 Å². The van der Waals surface area contributed by atoms with Crippen LogP contribution < -0.4 is 5.43 Å². The average Bonchev–Trinajstić information content (AvgIpc) is 2.87.